The highest BCUT2D eigenvalue weighted by atomic mass is 79.9. The minimum atomic E-state index is 1.00. The topological polar surface area (TPSA) is 16.1 Å². The highest BCUT2D eigenvalue weighted by Crippen LogP contribution is 2.16. The fraction of sp³-hybridized carbons (Fsp3) is 0.571. The van der Waals surface area contributed by atoms with Crippen LogP contribution in [-0.2, 0) is 0 Å². The maximum Gasteiger partial charge on any atom is 0.185 e. The number of thiazole rings is 1. The Labute approximate surface area is 79.4 Å². The van der Waals surface area contributed by atoms with Gasteiger partial charge in [-0.25, -0.2) is 4.98 Å². The largest absolute Gasteiger partial charge is 0.348 e. The zero-order valence-corrected chi connectivity index (χ0v) is 8.86. The second kappa shape index (κ2) is 4.72. The van der Waals surface area contributed by atoms with Gasteiger partial charge in [-0.3, -0.25) is 0 Å². The molecule has 0 aliphatic rings. The fourth-order valence-electron chi connectivity index (χ4n) is 0.863. The first kappa shape index (κ1) is 9.00. The molecular weight excluding hydrogens is 224 g/mol. The van der Waals surface area contributed by atoms with Gasteiger partial charge in [0, 0.05) is 30.0 Å². The third-order valence-corrected chi connectivity index (χ3v) is 2.61. The molecule has 1 heterocycles. The second-order valence-corrected chi connectivity index (χ2v) is 3.75. The molecule has 2 nitrogen and oxygen atoms in total. The summed E-state index contributed by atoms with van der Waals surface area (Å²) in [4.78, 5) is 6.48. The van der Waals surface area contributed by atoms with E-state index in [0.717, 1.165) is 23.6 Å². The van der Waals surface area contributed by atoms with Gasteiger partial charge in [-0.15, -0.1) is 11.3 Å². The van der Waals surface area contributed by atoms with Gasteiger partial charge in [-0.1, -0.05) is 15.9 Å². The van der Waals surface area contributed by atoms with Gasteiger partial charge in [0.1, 0.15) is 0 Å². The van der Waals surface area contributed by atoms with Crippen LogP contribution in [0.5, 0.6) is 0 Å². The van der Waals surface area contributed by atoms with E-state index in [1.54, 1.807) is 11.3 Å². The van der Waals surface area contributed by atoms with Crippen LogP contribution in [0.15, 0.2) is 11.6 Å². The van der Waals surface area contributed by atoms with Crippen molar-refractivity contribution in [3.8, 4) is 0 Å². The predicted octanol–water partition coefficient (Wildman–Crippen LogP) is 2.36. The summed E-state index contributed by atoms with van der Waals surface area (Å²) in [5, 5.41) is 4.12. The molecule has 0 saturated carbocycles. The van der Waals surface area contributed by atoms with Gasteiger partial charge >= 0.3 is 0 Å². The zero-order valence-electron chi connectivity index (χ0n) is 6.46. The van der Waals surface area contributed by atoms with Gasteiger partial charge in [0.2, 0.25) is 0 Å². The molecule has 0 fully saturated rings. The first-order valence-corrected chi connectivity index (χ1v) is 5.59. The van der Waals surface area contributed by atoms with Crippen LogP contribution in [0.1, 0.15) is 6.92 Å². The van der Waals surface area contributed by atoms with Crippen molar-refractivity contribution in [2.75, 3.05) is 23.3 Å². The summed E-state index contributed by atoms with van der Waals surface area (Å²) in [6, 6.07) is 0. The van der Waals surface area contributed by atoms with E-state index in [2.05, 4.69) is 32.7 Å². The van der Waals surface area contributed by atoms with Crippen molar-refractivity contribution in [3.05, 3.63) is 11.6 Å². The zero-order chi connectivity index (χ0) is 8.10. The molecule has 0 bridgehead atoms. The number of alkyl halides is 1. The van der Waals surface area contributed by atoms with Gasteiger partial charge in [0.05, 0.1) is 0 Å². The van der Waals surface area contributed by atoms with Gasteiger partial charge in [0.25, 0.3) is 0 Å². The molecule has 1 aromatic rings. The van der Waals surface area contributed by atoms with Crippen LogP contribution in [-0.4, -0.2) is 23.4 Å². The molecule has 0 aliphatic carbocycles. The number of hydrogen-bond donors (Lipinski definition) is 0. The van der Waals surface area contributed by atoms with Crippen molar-refractivity contribution >= 4 is 32.4 Å². The number of nitrogens with zero attached hydrogens (tertiary/aromatic N) is 2. The third kappa shape index (κ3) is 2.45. The summed E-state index contributed by atoms with van der Waals surface area (Å²) in [6.07, 6.45) is 1.84. The van der Waals surface area contributed by atoms with E-state index in [1.807, 2.05) is 11.6 Å². The molecule has 4 heteroatoms. The van der Waals surface area contributed by atoms with Gasteiger partial charge < -0.3 is 4.90 Å². The van der Waals surface area contributed by atoms with Gasteiger partial charge in [-0.2, -0.15) is 0 Å². The van der Waals surface area contributed by atoms with Crippen molar-refractivity contribution < 1.29 is 0 Å². The minimum absolute atomic E-state index is 1.00. The summed E-state index contributed by atoms with van der Waals surface area (Å²) in [6.45, 7) is 4.20. The number of rotatable bonds is 4. The Morgan fingerprint density at radius 3 is 3.00 bits per heavy atom. The summed E-state index contributed by atoms with van der Waals surface area (Å²) in [7, 11) is 0. The Kier molecular flexibility index (Phi) is 3.86. The molecule has 0 saturated heterocycles. The Morgan fingerprint density at radius 2 is 2.55 bits per heavy atom. The number of halogens is 1. The summed E-state index contributed by atoms with van der Waals surface area (Å²) >= 11 is 5.10. The van der Waals surface area contributed by atoms with Crippen LogP contribution < -0.4 is 4.90 Å². The Hall–Kier alpha value is -0.0900. The van der Waals surface area contributed by atoms with Crippen LogP contribution in [0.4, 0.5) is 5.13 Å². The first-order valence-electron chi connectivity index (χ1n) is 3.59. The van der Waals surface area contributed by atoms with Crippen molar-refractivity contribution in [1.29, 1.82) is 0 Å². The van der Waals surface area contributed by atoms with Gasteiger partial charge in [0.15, 0.2) is 5.13 Å². The lowest BCUT2D eigenvalue weighted by Gasteiger charge is -2.17. The number of aromatic nitrogens is 1. The lowest BCUT2D eigenvalue weighted by Crippen LogP contribution is -2.24. The first-order chi connectivity index (χ1) is 5.38. The average molecular weight is 235 g/mol. The normalized spacial score (nSPS) is 10.0. The SMILES string of the molecule is CCN(CCBr)c1nccs1. The van der Waals surface area contributed by atoms with E-state index in [-0.39, 0.29) is 0 Å². The van der Waals surface area contributed by atoms with E-state index in [4.69, 9.17) is 0 Å². The average Bonchev–Trinajstić information content (AvgIpc) is 2.52. The smallest absolute Gasteiger partial charge is 0.185 e. The molecule has 0 aliphatic heterocycles. The van der Waals surface area contributed by atoms with Crippen LogP contribution in [0.3, 0.4) is 0 Å². The third-order valence-electron chi connectivity index (χ3n) is 1.43. The van der Waals surface area contributed by atoms with Gasteiger partial charge in [-0.05, 0) is 6.92 Å². The van der Waals surface area contributed by atoms with Crippen molar-refractivity contribution in [2.24, 2.45) is 0 Å². The molecule has 11 heavy (non-hydrogen) atoms. The van der Waals surface area contributed by atoms with E-state index in [1.165, 1.54) is 0 Å². The van der Waals surface area contributed by atoms with Crippen molar-refractivity contribution in [2.45, 2.75) is 6.92 Å². The molecule has 0 N–H and O–H groups in total. The Bertz CT molecular complexity index is 188. The quantitative estimate of drug-likeness (QED) is 0.745. The van der Waals surface area contributed by atoms with E-state index >= 15 is 0 Å². The summed E-state index contributed by atoms with van der Waals surface area (Å²) in [5.74, 6) is 0. The van der Waals surface area contributed by atoms with Crippen molar-refractivity contribution in [1.82, 2.24) is 4.98 Å². The number of anilines is 1. The van der Waals surface area contributed by atoms with Crippen molar-refractivity contribution in [3.63, 3.8) is 0 Å². The summed E-state index contributed by atoms with van der Waals surface area (Å²) in [5.41, 5.74) is 0. The molecule has 0 unspecified atom stereocenters. The van der Waals surface area contributed by atoms with E-state index in [0.29, 0.717) is 0 Å². The lowest BCUT2D eigenvalue weighted by molar-refractivity contribution is 0.869. The molecule has 0 atom stereocenters. The summed E-state index contributed by atoms with van der Waals surface area (Å²) < 4.78 is 0. The van der Waals surface area contributed by atoms with E-state index in [9.17, 15) is 0 Å². The molecule has 0 aromatic carbocycles. The fourth-order valence-corrected chi connectivity index (χ4v) is 2.03. The van der Waals surface area contributed by atoms with Crippen LogP contribution in [0.2, 0.25) is 0 Å². The highest BCUT2D eigenvalue weighted by Gasteiger charge is 2.03. The Morgan fingerprint density at radius 1 is 1.73 bits per heavy atom. The highest BCUT2D eigenvalue weighted by molar-refractivity contribution is 9.09. The van der Waals surface area contributed by atoms with Crippen LogP contribution in [0, 0.1) is 0 Å². The standard InChI is InChI=1S/C7H11BrN2S/c1-2-10(5-3-8)7-9-4-6-11-7/h4,6H,2-3,5H2,1H3. The Balaban J connectivity index is 2.56. The lowest BCUT2D eigenvalue weighted by atomic mass is 10.6. The van der Waals surface area contributed by atoms with Crippen LogP contribution >= 0.6 is 27.3 Å². The molecule has 1 rings (SSSR count). The molecular formula is C7H11BrN2S. The maximum atomic E-state index is 4.23. The molecule has 62 valence electrons. The molecule has 0 spiro atoms. The molecule has 1 aromatic heterocycles. The molecule has 0 radical (unpaired) electrons. The van der Waals surface area contributed by atoms with Crippen LogP contribution in [0.25, 0.3) is 0 Å². The number of hydrogen-bond acceptors (Lipinski definition) is 3. The predicted molar refractivity (Wildman–Crippen MR) is 53.8 cm³/mol. The maximum absolute atomic E-state index is 4.23. The monoisotopic (exact) mass is 234 g/mol. The minimum Gasteiger partial charge on any atom is -0.348 e. The molecule has 0 amide bonds. The second-order valence-electron chi connectivity index (χ2n) is 2.08. The van der Waals surface area contributed by atoms with E-state index < -0.39 is 0 Å².